The maximum Gasteiger partial charge on any atom is 0.234 e. The molecule has 1 N–H and O–H groups in total. The molecule has 3 rings (SSSR count). The van der Waals surface area contributed by atoms with E-state index in [1.165, 1.54) is 12.8 Å². The Balaban J connectivity index is 1.62. The lowest BCUT2D eigenvalue weighted by Gasteiger charge is -2.16. The van der Waals surface area contributed by atoms with Crippen molar-refractivity contribution in [3.05, 3.63) is 36.1 Å². The van der Waals surface area contributed by atoms with Gasteiger partial charge in [-0.15, -0.1) is 0 Å². The van der Waals surface area contributed by atoms with E-state index in [9.17, 15) is 4.79 Å². The number of rotatable bonds is 4. The zero-order chi connectivity index (χ0) is 13.9. The van der Waals surface area contributed by atoms with Crippen LogP contribution in [0.15, 0.2) is 34.7 Å². The van der Waals surface area contributed by atoms with E-state index in [0.717, 1.165) is 29.8 Å². The highest BCUT2D eigenvalue weighted by Gasteiger charge is 2.18. The average molecular weight is 272 g/mol. The lowest BCUT2D eigenvalue weighted by Crippen LogP contribution is -2.36. The van der Waals surface area contributed by atoms with Crippen LogP contribution in [0.1, 0.15) is 31.6 Å². The first-order valence-electron chi connectivity index (χ1n) is 7.22. The van der Waals surface area contributed by atoms with E-state index in [2.05, 4.69) is 10.2 Å². The molecule has 2 heterocycles. The Bertz CT molecular complexity index is 566. The summed E-state index contributed by atoms with van der Waals surface area (Å²) in [5, 5.41) is 4.08. The van der Waals surface area contributed by atoms with Gasteiger partial charge in [-0.3, -0.25) is 9.69 Å². The van der Waals surface area contributed by atoms with Crippen molar-refractivity contribution in [2.75, 3.05) is 19.6 Å². The molecule has 1 aliphatic rings. The van der Waals surface area contributed by atoms with Gasteiger partial charge < -0.3 is 9.73 Å². The SMILES string of the molecule is CC(NC(=O)CN1CCCC1)c1cc2ccccc2o1. The summed E-state index contributed by atoms with van der Waals surface area (Å²) in [4.78, 5) is 14.2. The first-order chi connectivity index (χ1) is 9.72. The molecule has 1 amide bonds. The Kier molecular flexibility index (Phi) is 3.74. The van der Waals surface area contributed by atoms with Crippen molar-refractivity contribution in [3.63, 3.8) is 0 Å². The molecule has 1 aromatic carbocycles. The third kappa shape index (κ3) is 2.85. The van der Waals surface area contributed by atoms with E-state index in [4.69, 9.17) is 4.42 Å². The van der Waals surface area contributed by atoms with Crippen LogP contribution in [0.5, 0.6) is 0 Å². The summed E-state index contributed by atoms with van der Waals surface area (Å²) in [6.45, 7) is 4.52. The van der Waals surface area contributed by atoms with Gasteiger partial charge in [-0.1, -0.05) is 18.2 Å². The number of nitrogens with one attached hydrogen (secondary N) is 1. The summed E-state index contributed by atoms with van der Waals surface area (Å²) in [6, 6.07) is 9.79. The third-order valence-electron chi connectivity index (χ3n) is 3.81. The fraction of sp³-hybridized carbons (Fsp3) is 0.438. The van der Waals surface area contributed by atoms with Crippen LogP contribution in [-0.4, -0.2) is 30.4 Å². The normalized spacial score (nSPS) is 17.4. The minimum absolute atomic E-state index is 0.0693. The zero-order valence-electron chi connectivity index (χ0n) is 11.8. The lowest BCUT2D eigenvalue weighted by molar-refractivity contribution is -0.122. The van der Waals surface area contributed by atoms with E-state index < -0.39 is 0 Å². The summed E-state index contributed by atoms with van der Waals surface area (Å²) in [7, 11) is 0. The number of para-hydroxylation sites is 1. The predicted octanol–water partition coefficient (Wildman–Crippen LogP) is 2.71. The molecular formula is C16H20N2O2. The lowest BCUT2D eigenvalue weighted by atomic mass is 10.2. The quantitative estimate of drug-likeness (QED) is 0.930. The van der Waals surface area contributed by atoms with E-state index >= 15 is 0 Å². The van der Waals surface area contributed by atoms with Crippen molar-refractivity contribution < 1.29 is 9.21 Å². The van der Waals surface area contributed by atoms with Crippen LogP contribution in [0.2, 0.25) is 0 Å². The Morgan fingerprint density at radius 1 is 1.35 bits per heavy atom. The highest BCUT2D eigenvalue weighted by Crippen LogP contribution is 2.23. The molecule has 0 spiro atoms. The number of amides is 1. The van der Waals surface area contributed by atoms with Crippen LogP contribution >= 0.6 is 0 Å². The van der Waals surface area contributed by atoms with Crippen LogP contribution in [0.25, 0.3) is 11.0 Å². The molecule has 1 aromatic heterocycles. The number of nitrogens with zero attached hydrogens (tertiary/aromatic N) is 1. The van der Waals surface area contributed by atoms with E-state index in [1.807, 2.05) is 37.3 Å². The molecular weight excluding hydrogens is 252 g/mol. The summed E-state index contributed by atoms with van der Waals surface area (Å²) >= 11 is 0. The second-order valence-electron chi connectivity index (χ2n) is 5.46. The molecule has 4 nitrogen and oxygen atoms in total. The molecule has 1 unspecified atom stereocenters. The molecule has 1 atom stereocenters. The molecule has 4 heteroatoms. The molecule has 106 valence electrons. The Labute approximate surface area is 118 Å². The Morgan fingerprint density at radius 3 is 2.85 bits per heavy atom. The van der Waals surface area contributed by atoms with Crippen molar-refractivity contribution >= 4 is 16.9 Å². The monoisotopic (exact) mass is 272 g/mol. The maximum atomic E-state index is 12.0. The highest BCUT2D eigenvalue weighted by atomic mass is 16.3. The van der Waals surface area contributed by atoms with Crippen LogP contribution < -0.4 is 5.32 Å². The number of hydrogen-bond acceptors (Lipinski definition) is 3. The minimum Gasteiger partial charge on any atom is -0.459 e. The zero-order valence-corrected chi connectivity index (χ0v) is 11.8. The van der Waals surface area contributed by atoms with Crippen LogP contribution in [0.4, 0.5) is 0 Å². The standard InChI is InChI=1S/C16H20N2O2/c1-12(17-16(19)11-18-8-4-5-9-18)15-10-13-6-2-3-7-14(13)20-15/h2-3,6-7,10,12H,4-5,8-9,11H2,1H3,(H,17,19). The van der Waals surface area contributed by atoms with Gasteiger partial charge in [0.05, 0.1) is 12.6 Å². The summed E-state index contributed by atoms with van der Waals surface area (Å²) in [5.74, 6) is 0.876. The number of hydrogen-bond donors (Lipinski definition) is 1. The van der Waals surface area contributed by atoms with Gasteiger partial charge >= 0.3 is 0 Å². The van der Waals surface area contributed by atoms with Gasteiger partial charge in [-0.05, 0) is 45.0 Å². The van der Waals surface area contributed by atoms with Gasteiger partial charge in [0.2, 0.25) is 5.91 Å². The van der Waals surface area contributed by atoms with Crippen molar-refractivity contribution in [3.8, 4) is 0 Å². The molecule has 0 saturated carbocycles. The smallest absolute Gasteiger partial charge is 0.234 e. The molecule has 1 aliphatic heterocycles. The summed E-state index contributed by atoms with van der Waals surface area (Å²) in [5.41, 5.74) is 0.864. The van der Waals surface area contributed by atoms with Gasteiger partial charge in [0, 0.05) is 5.39 Å². The summed E-state index contributed by atoms with van der Waals surface area (Å²) in [6.07, 6.45) is 2.40. The second kappa shape index (κ2) is 5.67. The molecule has 1 saturated heterocycles. The van der Waals surface area contributed by atoms with Crippen LogP contribution in [0, 0.1) is 0 Å². The fourth-order valence-corrected chi connectivity index (χ4v) is 2.72. The fourth-order valence-electron chi connectivity index (χ4n) is 2.72. The third-order valence-corrected chi connectivity index (χ3v) is 3.81. The van der Waals surface area contributed by atoms with Crippen molar-refractivity contribution in [1.29, 1.82) is 0 Å². The topological polar surface area (TPSA) is 45.5 Å². The number of carbonyl (C=O) groups is 1. The first-order valence-corrected chi connectivity index (χ1v) is 7.22. The average Bonchev–Trinajstić information content (AvgIpc) is 3.06. The second-order valence-corrected chi connectivity index (χ2v) is 5.46. The number of carbonyl (C=O) groups excluding carboxylic acids is 1. The molecule has 20 heavy (non-hydrogen) atoms. The van der Waals surface area contributed by atoms with Crippen molar-refractivity contribution in [2.24, 2.45) is 0 Å². The van der Waals surface area contributed by atoms with Gasteiger partial charge in [0.1, 0.15) is 11.3 Å². The molecule has 0 radical (unpaired) electrons. The van der Waals surface area contributed by atoms with Gasteiger partial charge in [-0.2, -0.15) is 0 Å². The minimum atomic E-state index is -0.0995. The number of likely N-dealkylation sites (tertiary alicyclic amines) is 1. The number of furan rings is 1. The van der Waals surface area contributed by atoms with Crippen molar-refractivity contribution in [2.45, 2.75) is 25.8 Å². The van der Waals surface area contributed by atoms with E-state index in [1.54, 1.807) is 0 Å². The van der Waals surface area contributed by atoms with E-state index in [-0.39, 0.29) is 11.9 Å². The van der Waals surface area contributed by atoms with Crippen LogP contribution in [-0.2, 0) is 4.79 Å². The number of benzene rings is 1. The van der Waals surface area contributed by atoms with Crippen molar-refractivity contribution in [1.82, 2.24) is 10.2 Å². The Morgan fingerprint density at radius 2 is 2.10 bits per heavy atom. The number of fused-ring (bicyclic) bond motifs is 1. The molecule has 2 aromatic rings. The maximum absolute atomic E-state index is 12.0. The first kappa shape index (κ1) is 13.2. The molecule has 0 bridgehead atoms. The van der Waals surface area contributed by atoms with Gasteiger partial charge in [0.15, 0.2) is 0 Å². The molecule has 0 aliphatic carbocycles. The van der Waals surface area contributed by atoms with Crippen LogP contribution in [0.3, 0.4) is 0 Å². The summed E-state index contributed by atoms with van der Waals surface area (Å²) < 4.78 is 5.77. The van der Waals surface area contributed by atoms with Gasteiger partial charge in [0.25, 0.3) is 0 Å². The predicted molar refractivity (Wildman–Crippen MR) is 78.4 cm³/mol. The largest absolute Gasteiger partial charge is 0.459 e. The Hall–Kier alpha value is -1.81. The van der Waals surface area contributed by atoms with E-state index in [0.29, 0.717) is 6.54 Å². The van der Waals surface area contributed by atoms with Gasteiger partial charge in [-0.25, -0.2) is 0 Å². The highest BCUT2D eigenvalue weighted by molar-refractivity contribution is 5.80. The molecule has 1 fully saturated rings.